The van der Waals surface area contributed by atoms with E-state index in [1.54, 1.807) is 0 Å². The summed E-state index contributed by atoms with van der Waals surface area (Å²) in [5, 5.41) is 0. The molecular weight excluding hydrogens is 244 g/mol. The van der Waals surface area contributed by atoms with E-state index in [0.717, 1.165) is 45.3 Å². The molecule has 0 aliphatic carbocycles. The van der Waals surface area contributed by atoms with Crippen LogP contribution in [0.3, 0.4) is 0 Å². The Hall–Kier alpha value is -0.650. The molecule has 2 aliphatic rings. The number of carbonyl (C=O) groups excluding carboxylic acids is 1. The lowest BCUT2D eigenvalue weighted by Crippen LogP contribution is -2.40. The molecule has 0 N–H and O–H groups in total. The Morgan fingerprint density at radius 1 is 1.16 bits per heavy atom. The molecule has 2 fully saturated rings. The molecule has 0 aromatic carbocycles. The van der Waals surface area contributed by atoms with Gasteiger partial charge in [-0.2, -0.15) is 0 Å². The summed E-state index contributed by atoms with van der Waals surface area (Å²) in [5.74, 6) is 0.698. The fourth-order valence-corrected chi connectivity index (χ4v) is 2.87. The van der Waals surface area contributed by atoms with Crippen LogP contribution in [0.1, 0.15) is 19.3 Å². The smallest absolute Gasteiger partial charge is 0.319 e. The quantitative estimate of drug-likeness (QED) is 0.684. The molecule has 0 bridgehead atoms. The van der Waals surface area contributed by atoms with E-state index in [0.29, 0.717) is 6.54 Å². The van der Waals surface area contributed by atoms with Gasteiger partial charge in [0.1, 0.15) is 0 Å². The van der Waals surface area contributed by atoms with Crippen molar-refractivity contribution in [3.8, 4) is 0 Å². The minimum atomic E-state index is -0.119. The van der Waals surface area contributed by atoms with Crippen molar-refractivity contribution in [3.63, 3.8) is 0 Å². The largest absolute Gasteiger partial charge is 0.468 e. The standard InChI is InChI=1S/C14H26N2O3/c1-18-14(17)12-16-6-3-13(4-7-16)2-5-15-8-10-19-11-9-15/h13H,2-12H2,1H3. The summed E-state index contributed by atoms with van der Waals surface area (Å²) in [6.45, 7) is 7.65. The van der Waals surface area contributed by atoms with Crippen LogP contribution in [0.2, 0.25) is 0 Å². The molecule has 2 aliphatic heterocycles. The van der Waals surface area contributed by atoms with Crippen molar-refractivity contribution in [2.45, 2.75) is 19.3 Å². The highest BCUT2D eigenvalue weighted by molar-refractivity contribution is 5.71. The average Bonchev–Trinajstić information content (AvgIpc) is 2.47. The molecule has 0 aromatic rings. The van der Waals surface area contributed by atoms with Crippen LogP contribution in [0.25, 0.3) is 0 Å². The van der Waals surface area contributed by atoms with Gasteiger partial charge < -0.3 is 9.47 Å². The first-order valence-electron chi connectivity index (χ1n) is 7.37. The monoisotopic (exact) mass is 270 g/mol. The van der Waals surface area contributed by atoms with Crippen LogP contribution in [-0.2, 0) is 14.3 Å². The molecule has 0 amide bonds. The van der Waals surface area contributed by atoms with Crippen molar-refractivity contribution in [1.29, 1.82) is 0 Å². The second-order valence-corrected chi connectivity index (χ2v) is 5.54. The van der Waals surface area contributed by atoms with Crippen molar-refractivity contribution in [2.75, 3.05) is 59.6 Å². The second-order valence-electron chi connectivity index (χ2n) is 5.54. The van der Waals surface area contributed by atoms with E-state index in [2.05, 4.69) is 9.80 Å². The predicted octanol–water partition coefficient (Wildman–Crippen LogP) is 0.594. The van der Waals surface area contributed by atoms with Crippen LogP contribution in [0.15, 0.2) is 0 Å². The lowest BCUT2D eigenvalue weighted by molar-refractivity contribution is -0.142. The number of carbonyl (C=O) groups is 1. The van der Waals surface area contributed by atoms with E-state index in [-0.39, 0.29) is 5.97 Å². The fourth-order valence-electron chi connectivity index (χ4n) is 2.87. The summed E-state index contributed by atoms with van der Waals surface area (Å²) in [6, 6.07) is 0. The summed E-state index contributed by atoms with van der Waals surface area (Å²) in [4.78, 5) is 15.9. The Kier molecular flexibility index (Phi) is 6.07. The zero-order valence-electron chi connectivity index (χ0n) is 12.0. The van der Waals surface area contributed by atoms with Gasteiger partial charge in [0.05, 0.1) is 26.9 Å². The molecule has 0 saturated carbocycles. The van der Waals surface area contributed by atoms with Gasteiger partial charge in [-0.25, -0.2) is 0 Å². The van der Waals surface area contributed by atoms with Gasteiger partial charge in [0, 0.05) is 13.1 Å². The highest BCUT2D eigenvalue weighted by atomic mass is 16.5. The minimum Gasteiger partial charge on any atom is -0.468 e. The Morgan fingerprint density at radius 2 is 1.84 bits per heavy atom. The number of ether oxygens (including phenoxy) is 2. The highest BCUT2D eigenvalue weighted by Crippen LogP contribution is 2.20. The fraction of sp³-hybridized carbons (Fsp3) is 0.929. The molecule has 5 heteroatoms. The molecular formula is C14H26N2O3. The molecule has 19 heavy (non-hydrogen) atoms. The van der Waals surface area contributed by atoms with E-state index in [9.17, 15) is 4.79 Å². The molecule has 0 aromatic heterocycles. The number of hydrogen-bond acceptors (Lipinski definition) is 5. The third kappa shape index (κ3) is 5.09. The third-order valence-corrected chi connectivity index (χ3v) is 4.24. The topological polar surface area (TPSA) is 42.0 Å². The van der Waals surface area contributed by atoms with Crippen molar-refractivity contribution in [2.24, 2.45) is 5.92 Å². The van der Waals surface area contributed by atoms with Gasteiger partial charge >= 0.3 is 5.97 Å². The maximum Gasteiger partial charge on any atom is 0.319 e. The number of morpholine rings is 1. The summed E-state index contributed by atoms with van der Waals surface area (Å²) in [7, 11) is 1.46. The number of hydrogen-bond donors (Lipinski definition) is 0. The summed E-state index contributed by atoms with van der Waals surface area (Å²) < 4.78 is 10.1. The van der Waals surface area contributed by atoms with Gasteiger partial charge in [0.15, 0.2) is 0 Å². The first-order chi connectivity index (χ1) is 9.28. The van der Waals surface area contributed by atoms with Gasteiger partial charge in [-0.3, -0.25) is 14.6 Å². The lowest BCUT2D eigenvalue weighted by Gasteiger charge is -2.33. The Labute approximate surface area is 115 Å². The van der Waals surface area contributed by atoms with Gasteiger partial charge in [-0.15, -0.1) is 0 Å². The molecule has 0 spiro atoms. The van der Waals surface area contributed by atoms with Crippen LogP contribution in [0, 0.1) is 5.92 Å². The molecule has 110 valence electrons. The molecule has 2 saturated heterocycles. The number of likely N-dealkylation sites (tertiary alicyclic amines) is 1. The maximum atomic E-state index is 11.2. The van der Waals surface area contributed by atoms with Crippen molar-refractivity contribution >= 4 is 5.97 Å². The summed E-state index contributed by atoms with van der Waals surface area (Å²) in [5.41, 5.74) is 0. The van der Waals surface area contributed by atoms with Crippen LogP contribution in [-0.4, -0.2) is 75.4 Å². The van der Waals surface area contributed by atoms with E-state index in [4.69, 9.17) is 9.47 Å². The van der Waals surface area contributed by atoms with Crippen LogP contribution in [0.4, 0.5) is 0 Å². The van der Waals surface area contributed by atoms with E-state index >= 15 is 0 Å². The van der Waals surface area contributed by atoms with E-state index in [1.165, 1.54) is 32.9 Å². The van der Waals surface area contributed by atoms with Crippen LogP contribution < -0.4 is 0 Å². The SMILES string of the molecule is COC(=O)CN1CCC(CCN2CCOCC2)CC1. The average molecular weight is 270 g/mol. The molecule has 2 heterocycles. The predicted molar refractivity (Wildman–Crippen MR) is 73.1 cm³/mol. The third-order valence-electron chi connectivity index (χ3n) is 4.24. The number of rotatable bonds is 5. The first kappa shape index (κ1) is 14.8. The van der Waals surface area contributed by atoms with E-state index < -0.39 is 0 Å². The Balaban J connectivity index is 1.59. The Morgan fingerprint density at radius 3 is 2.47 bits per heavy atom. The molecule has 0 atom stereocenters. The molecule has 0 radical (unpaired) electrons. The first-order valence-corrected chi connectivity index (χ1v) is 7.37. The molecule has 2 rings (SSSR count). The summed E-state index contributed by atoms with van der Waals surface area (Å²) >= 11 is 0. The lowest BCUT2D eigenvalue weighted by atomic mass is 9.93. The number of methoxy groups -OCH3 is 1. The van der Waals surface area contributed by atoms with Crippen LogP contribution in [0.5, 0.6) is 0 Å². The van der Waals surface area contributed by atoms with Gasteiger partial charge in [-0.05, 0) is 44.8 Å². The van der Waals surface area contributed by atoms with Gasteiger partial charge in [0.25, 0.3) is 0 Å². The normalized spacial score (nSPS) is 23.4. The maximum absolute atomic E-state index is 11.2. The number of nitrogens with zero attached hydrogens (tertiary/aromatic N) is 2. The van der Waals surface area contributed by atoms with Crippen molar-refractivity contribution in [3.05, 3.63) is 0 Å². The number of piperidine rings is 1. The summed E-state index contributed by atoms with van der Waals surface area (Å²) in [6.07, 6.45) is 3.70. The van der Waals surface area contributed by atoms with Crippen molar-refractivity contribution in [1.82, 2.24) is 9.80 Å². The molecule has 0 unspecified atom stereocenters. The molecule has 5 nitrogen and oxygen atoms in total. The highest BCUT2D eigenvalue weighted by Gasteiger charge is 2.21. The second kappa shape index (κ2) is 7.82. The zero-order chi connectivity index (χ0) is 13.5. The van der Waals surface area contributed by atoms with Gasteiger partial charge in [-0.1, -0.05) is 0 Å². The van der Waals surface area contributed by atoms with E-state index in [1.807, 2.05) is 0 Å². The van der Waals surface area contributed by atoms with Crippen LogP contribution >= 0.6 is 0 Å². The Bertz CT molecular complexity index is 272. The minimum absolute atomic E-state index is 0.119. The zero-order valence-corrected chi connectivity index (χ0v) is 12.0. The number of esters is 1. The van der Waals surface area contributed by atoms with Crippen molar-refractivity contribution < 1.29 is 14.3 Å². The van der Waals surface area contributed by atoms with Gasteiger partial charge in [0.2, 0.25) is 0 Å².